The van der Waals surface area contributed by atoms with Gasteiger partial charge in [-0.15, -0.1) is 0 Å². The van der Waals surface area contributed by atoms with Gasteiger partial charge in [-0.3, -0.25) is 9.78 Å². The second-order valence-electron chi connectivity index (χ2n) is 8.55. The Morgan fingerprint density at radius 3 is 2.45 bits per heavy atom. The zero-order valence-corrected chi connectivity index (χ0v) is 18.9. The molecular formula is C24H25N5O3S. The number of pyridine rings is 1. The zero-order valence-electron chi connectivity index (χ0n) is 18.1. The Balaban J connectivity index is 1.41. The molecule has 2 aliphatic heterocycles. The molecule has 2 aromatic heterocycles. The fourth-order valence-corrected chi connectivity index (χ4v) is 6.36. The summed E-state index contributed by atoms with van der Waals surface area (Å²) in [6.45, 7) is 1.36. The molecule has 9 heteroatoms. The summed E-state index contributed by atoms with van der Waals surface area (Å²) in [5.41, 5.74) is 2.04. The molecule has 8 nitrogen and oxygen atoms in total. The van der Waals surface area contributed by atoms with Crippen LogP contribution >= 0.6 is 0 Å². The Morgan fingerprint density at radius 1 is 0.909 bits per heavy atom. The van der Waals surface area contributed by atoms with Crippen molar-refractivity contribution in [2.75, 3.05) is 19.6 Å². The quantitative estimate of drug-likeness (QED) is 0.590. The first-order valence-corrected chi connectivity index (χ1v) is 12.5. The third-order valence-electron chi connectivity index (χ3n) is 6.52. The van der Waals surface area contributed by atoms with E-state index in [0.29, 0.717) is 30.1 Å². The Morgan fingerprint density at radius 2 is 1.67 bits per heavy atom. The molecule has 1 amide bonds. The van der Waals surface area contributed by atoms with E-state index in [0.717, 1.165) is 30.4 Å². The number of hydrogen-bond acceptors (Lipinski definition) is 6. The standard InChI is InChI=1S/C24H25N5O3S/c30-24(20-10-19(11-25-12-20)21-13-26-17-27-14-21)29-9-5-4-6-18-15-28(16-23(18)29)33(31,32)22-7-2-1-3-8-22/h1-3,7-8,10-14,17-18,23H,4-6,9,15-16H2/t18-,23+/m0/s1. The summed E-state index contributed by atoms with van der Waals surface area (Å²) < 4.78 is 28.0. The molecule has 33 heavy (non-hydrogen) atoms. The Kier molecular flexibility index (Phi) is 5.90. The van der Waals surface area contributed by atoms with E-state index in [-0.39, 0.29) is 17.9 Å². The van der Waals surface area contributed by atoms with Crippen LogP contribution in [0.4, 0.5) is 0 Å². The number of carbonyl (C=O) groups is 1. The van der Waals surface area contributed by atoms with E-state index in [2.05, 4.69) is 15.0 Å². The van der Waals surface area contributed by atoms with Crippen molar-refractivity contribution in [1.82, 2.24) is 24.2 Å². The lowest BCUT2D eigenvalue weighted by atomic mass is 9.98. The average molecular weight is 464 g/mol. The van der Waals surface area contributed by atoms with Crippen LogP contribution in [0.3, 0.4) is 0 Å². The van der Waals surface area contributed by atoms with Gasteiger partial charge in [-0.1, -0.05) is 24.6 Å². The molecular weight excluding hydrogens is 438 g/mol. The minimum absolute atomic E-state index is 0.114. The lowest BCUT2D eigenvalue weighted by molar-refractivity contribution is 0.0667. The minimum atomic E-state index is -3.60. The molecule has 1 aromatic carbocycles. The Bertz CT molecular complexity index is 1240. The lowest BCUT2D eigenvalue weighted by Gasteiger charge is -2.30. The summed E-state index contributed by atoms with van der Waals surface area (Å²) >= 11 is 0. The molecule has 2 aliphatic rings. The first-order valence-electron chi connectivity index (χ1n) is 11.1. The maximum absolute atomic E-state index is 13.6. The van der Waals surface area contributed by atoms with Gasteiger partial charge in [0.1, 0.15) is 6.33 Å². The first-order chi connectivity index (χ1) is 16.0. The highest BCUT2D eigenvalue weighted by atomic mass is 32.2. The molecule has 0 saturated carbocycles. The van der Waals surface area contributed by atoms with Crippen LogP contribution in [-0.4, -0.2) is 64.2 Å². The number of fused-ring (bicyclic) bond motifs is 1. The number of nitrogens with zero attached hydrogens (tertiary/aromatic N) is 5. The van der Waals surface area contributed by atoms with Gasteiger partial charge >= 0.3 is 0 Å². The van der Waals surface area contributed by atoms with Gasteiger partial charge in [0.15, 0.2) is 0 Å². The summed E-state index contributed by atoms with van der Waals surface area (Å²) in [6, 6.07) is 10.2. The number of aromatic nitrogens is 3. The predicted molar refractivity (Wildman–Crippen MR) is 123 cm³/mol. The van der Waals surface area contributed by atoms with Crippen LogP contribution in [0, 0.1) is 5.92 Å². The average Bonchev–Trinajstić information content (AvgIpc) is 3.20. The second-order valence-corrected chi connectivity index (χ2v) is 10.5. The van der Waals surface area contributed by atoms with Gasteiger partial charge in [-0.05, 0) is 37.0 Å². The van der Waals surface area contributed by atoms with E-state index >= 15 is 0 Å². The SMILES string of the molecule is O=C(c1cncc(-c2cncnc2)c1)N1CCCC[C@H]2CN(S(=O)(=O)c3ccccc3)C[C@H]21. The molecule has 0 radical (unpaired) electrons. The maximum atomic E-state index is 13.6. The number of carbonyl (C=O) groups excluding carboxylic acids is 1. The maximum Gasteiger partial charge on any atom is 0.255 e. The number of likely N-dealkylation sites (tertiary alicyclic amines) is 1. The molecule has 0 aliphatic carbocycles. The molecule has 2 fully saturated rings. The van der Waals surface area contributed by atoms with Crippen LogP contribution in [0.5, 0.6) is 0 Å². The third-order valence-corrected chi connectivity index (χ3v) is 8.36. The van der Waals surface area contributed by atoms with E-state index in [4.69, 9.17) is 0 Å². The smallest absolute Gasteiger partial charge is 0.255 e. The highest BCUT2D eigenvalue weighted by Crippen LogP contribution is 2.34. The van der Waals surface area contributed by atoms with Crippen LogP contribution in [-0.2, 0) is 10.0 Å². The largest absolute Gasteiger partial charge is 0.334 e. The van der Waals surface area contributed by atoms with Gasteiger partial charge in [-0.25, -0.2) is 18.4 Å². The summed E-state index contributed by atoms with van der Waals surface area (Å²) in [5.74, 6) is 0.00524. The normalized spacial score (nSPS) is 21.4. The van der Waals surface area contributed by atoms with Crippen molar-refractivity contribution in [2.24, 2.45) is 5.92 Å². The van der Waals surface area contributed by atoms with Crippen molar-refractivity contribution in [3.63, 3.8) is 0 Å². The van der Waals surface area contributed by atoms with Crippen molar-refractivity contribution < 1.29 is 13.2 Å². The van der Waals surface area contributed by atoms with Crippen LogP contribution in [0.15, 0.2) is 72.4 Å². The van der Waals surface area contributed by atoms with Crippen molar-refractivity contribution >= 4 is 15.9 Å². The fourth-order valence-electron chi connectivity index (χ4n) is 4.83. The van der Waals surface area contributed by atoms with E-state index in [1.54, 1.807) is 65.5 Å². The summed E-state index contributed by atoms with van der Waals surface area (Å²) in [7, 11) is -3.60. The number of hydrogen-bond donors (Lipinski definition) is 0. The van der Waals surface area contributed by atoms with Crippen molar-refractivity contribution in [2.45, 2.75) is 30.2 Å². The zero-order chi connectivity index (χ0) is 22.8. The van der Waals surface area contributed by atoms with E-state index in [1.807, 2.05) is 4.90 Å². The fraction of sp³-hybridized carbons (Fsp3) is 0.333. The van der Waals surface area contributed by atoms with Crippen LogP contribution < -0.4 is 0 Å². The summed E-state index contributed by atoms with van der Waals surface area (Å²) in [5, 5.41) is 0. The Hall–Kier alpha value is -3.17. The molecule has 0 spiro atoms. The van der Waals surface area contributed by atoms with Gasteiger partial charge in [0.25, 0.3) is 5.91 Å². The molecule has 0 unspecified atom stereocenters. The van der Waals surface area contributed by atoms with Gasteiger partial charge in [0.2, 0.25) is 10.0 Å². The van der Waals surface area contributed by atoms with Crippen molar-refractivity contribution in [3.05, 3.63) is 73.1 Å². The molecule has 0 bridgehead atoms. The number of amides is 1. The molecule has 0 N–H and O–H groups in total. The highest BCUT2D eigenvalue weighted by molar-refractivity contribution is 7.89. The second kappa shape index (κ2) is 8.99. The predicted octanol–water partition coefficient (Wildman–Crippen LogP) is 2.85. The topological polar surface area (TPSA) is 96.4 Å². The Labute approximate surface area is 193 Å². The molecule has 5 rings (SSSR count). The minimum Gasteiger partial charge on any atom is -0.334 e. The molecule has 2 atom stereocenters. The number of benzene rings is 1. The van der Waals surface area contributed by atoms with E-state index in [1.165, 1.54) is 6.33 Å². The van der Waals surface area contributed by atoms with Crippen molar-refractivity contribution in [3.8, 4) is 11.1 Å². The third kappa shape index (κ3) is 4.26. The van der Waals surface area contributed by atoms with Crippen molar-refractivity contribution in [1.29, 1.82) is 0 Å². The highest BCUT2D eigenvalue weighted by Gasteiger charge is 2.44. The number of sulfonamides is 1. The van der Waals surface area contributed by atoms with Crippen LogP contribution in [0.1, 0.15) is 29.6 Å². The monoisotopic (exact) mass is 463 g/mol. The molecule has 170 valence electrons. The first kappa shape index (κ1) is 21.7. The molecule has 3 aromatic rings. The molecule has 4 heterocycles. The summed E-state index contributed by atoms with van der Waals surface area (Å²) in [6.07, 6.45) is 10.9. The van der Waals surface area contributed by atoms with Gasteiger partial charge < -0.3 is 4.90 Å². The number of rotatable bonds is 4. The molecule has 2 saturated heterocycles. The van der Waals surface area contributed by atoms with E-state index in [9.17, 15) is 13.2 Å². The van der Waals surface area contributed by atoms with E-state index < -0.39 is 10.0 Å². The van der Waals surface area contributed by atoms with Crippen LogP contribution in [0.25, 0.3) is 11.1 Å². The van der Waals surface area contributed by atoms with Gasteiger partial charge in [0.05, 0.1) is 10.5 Å². The van der Waals surface area contributed by atoms with Crippen LogP contribution in [0.2, 0.25) is 0 Å². The summed E-state index contributed by atoms with van der Waals surface area (Å²) in [4.78, 5) is 28.1. The van der Waals surface area contributed by atoms with Gasteiger partial charge in [-0.2, -0.15) is 4.31 Å². The lowest BCUT2D eigenvalue weighted by Crippen LogP contribution is -2.44. The van der Waals surface area contributed by atoms with Gasteiger partial charge in [0, 0.05) is 61.6 Å².